The Kier molecular flexibility index (Phi) is 5.71. The number of rotatable bonds is 6. The molecule has 1 aromatic heterocycles. The van der Waals surface area contributed by atoms with Crippen LogP contribution in [0.25, 0.3) is 10.9 Å². The van der Waals surface area contributed by atoms with Gasteiger partial charge in [-0.1, -0.05) is 0 Å². The summed E-state index contributed by atoms with van der Waals surface area (Å²) in [6.07, 6.45) is 6.63. The van der Waals surface area contributed by atoms with E-state index >= 15 is 0 Å². The number of aliphatic carboxylic acids is 1. The van der Waals surface area contributed by atoms with E-state index in [-0.39, 0.29) is 23.1 Å². The second kappa shape index (κ2) is 8.70. The van der Waals surface area contributed by atoms with Crippen molar-refractivity contribution in [1.29, 1.82) is 0 Å². The molecular weight excluding hydrogens is 435 g/mol. The van der Waals surface area contributed by atoms with Crippen LogP contribution in [0, 0.1) is 24.1 Å². The first-order valence-corrected chi connectivity index (χ1v) is 11.6. The van der Waals surface area contributed by atoms with Gasteiger partial charge in [-0.3, -0.25) is 9.78 Å². The van der Waals surface area contributed by atoms with Gasteiger partial charge in [0.25, 0.3) is 0 Å². The molecule has 0 radical (unpaired) electrons. The number of hydrogen-bond donors (Lipinski definition) is 2. The number of anilines is 1. The van der Waals surface area contributed by atoms with Gasteiger partial charge >= 0.3 is 5.97 Å². The summed E-state index contributed by atoms with van der Waals surface area (Å²) in [6, 6.07) is 12.2. The number of ether oxygens (including phenoxy) is 1. The van der Waals surface area contributed by atoms with E-state index in [9.17, 15) is 14.0 Å². The molecule has 176 valence electrons. The summed E-state index contributed by atoms with van der Waals surface area (Å²) in [5.41, 5.74) is 3.33. The maximum absolute atomic E-state index is 14.2. The number of hydrogen-bond acceptors (Lipinski definition) is 4. The van der Waals surface area contributed by atoms with Crippen LogP contribution in [0.15, 0.2) is 48.7 Å². The normalized spacial score (nSPS) is 23.6. The average molecular weight is 463 g/mol. The number of amides is 1. The summed E-state index contributed by atoms with van der Waals surface area (Å²) in [6.45, 7) is 1.36. The van der Waals surface area contributed by atoms with Crippen LogP contribution in [0.5, 0.6) is 5.75 Å². The minimum Gasteiger partial charge on any atom is -0.482 e. The molecular formula is C27H27FN2O4. The maximum atomic E-state index is 14.2. The van der Waals surface area contributed by atoms with E-state index in [1.807, 2.05) is 18.3 Å². The summed E-state index contributed by atoms with van der Waals surface area (Å²) in [5, 5.41) is 12.6. The molecule has 0 saturated heterocycles. The van der Waals surface area contributed by atoms with Gasteiger partial charge in [0.15, 0.2) is 6.61 Å². The molecule has 1 amide bonds. The number of carboxylic acids is 1. The van der Waals surface area contributed by atoms with Gasteiger partial charge in [0.05, 0.1) is 5.52 Å². The molecule has 3 aromatic rings. The number of halogens is 1. The van der Waals surface area contributed by atoms with Crippen LogP contribution in [-0.2, 0) is 9.59 Å². The number of pyridine rings is 1. The van der Waals surface area contributed by atoms with Crippen LogP contribution >= 0.6 is 0 Å². The van der Waals surface area contributed by atoms with Crippen molar-refractivity contribution in [3.63, 3.8) is 0 Å². The summed E-state index contributed by atoms with van der Waals surface area (Å²) in [5.74, 6) is -0.406. The summed E-state index contributed by atoms with van der Waals surface area (Å²) in [7, 11) is 0. The van der Waals surface area contributed by atoms with Crippen molar-refractivity contribution in [1.82, 2.24) is 4.98 Å². The van der Waals surface area contributed by atoms with Gasteiger partial charge in [-0.2, -0.15) is 0 Å². The topological polar surface area (TPSA) is 88.5 Å². The van der Waals surface area contributed by atoms with Crippen molar-refractivity contribution in [2.24, 2.45) is 11.3 Å². The number of fused-ring (bicyclic) bond motifs is 1. The van der Waals surface area contributed by atoms with Crippen molar-refractivity contribution >= 4 is 28.5 Å². The van der Waals surface area contributed by atoms with Crippen LogP contribution in [0.3, 0.4) is 0 Å². The smallest absolute Gasteiger partial charge is 0.341 e. The first kappa shape index (κ1) is 22.3. The van der Waals surface area contributed by atoms with Crippen molar-refractivity contribution in [2.45, 2.75) is 44.9 Å². The van der Waals surface area contributed by atoms with E-state index in [0.717, 1.165) is 48.6 Å². The van der Waals surface area contributed by atoms with Gasteiger partial charge in [0.2, 0.25) is 5.91 Å². The fraction of sp³-hybridized carbons (Fsp3) is 0.370. The van der Waals surface area contributed by atoms with E-state index in [2.05, 4.69) is 10.3 Å². The predicted molar refractivity (Wildman–Crippen MR) is 126 cm³/mol. The lowest BCUT2D eigenvalue weighted by atomic mass is 9.75. The van der Waals surface area contributed by atoms with E-state index in [1.54, 1.807) is 37.3 Å². The van der Waals surface area contributed by atoms with Crippen LogP contribution in [-0.4, -0.2) is 28.6 Å². The molecule has 2 N–H and O–H groups in total. The third-order valence-electron chi connectivity index (χ3n) is 7.47. The highest BCUT2D eigenvalue weighted by atomic mass is 19.1. The van der Waals surface area contributed by atoms with Crippen molar-refractivity contribution in [3.05, 3.63) is 65.6 Å². The molecule has 0 bridgehead atoms. The molecule has 2 fully saturated rings. The van der Waals surface area contributed by atoms with Gasteiger partial charge in [-0.15, -0.1) is 0 Å². The Bertz CT molecular complexity index is 1250. The highest BCUT2D eigenvalue weighted by Gasteiger charge is 2.58. The molecule has 2 aliphatic rings. The summed E-state index contributed by atoms with van der Waals surface area (Å²) in [4.78, 5) is 27.9. The molecule has 5 rings (SSSR count). The molecule has 2 aromatic carbocycles. The molecule has 6 nitrogen and oxygen atoms in total. The molecule has 0 aliphatic heterocycles. The van der Waals surface area contributed by atoms with E-state index in [0.29, 0.717) is 22.9 Å². The Labute approximate surface area is 197 Å². The van der Waals surface area contributed by atoms with Crippen molar-refractivity contribution in [3.8, 4) is 5.75 Å². The van der Waals surface area contributed by atoms with Gasteiger partial charge in [-0.25, -0.2) is 9.18 Å². The van der Waals surface area contributed by atoms with Gasteiger partial charge in [0.1, 0.15) is 11.6 Å². The Morgan fingerprint density at radius 1 is 1.18 bits per heavy atom. The Hall–Kier alpha value is -3.48. The molecule has 1 spiro atoms. The van der Waals surface area contributed by atoms with Crippen LogP contribution in [0.1, 0.15) is 49.1 Å². The number of benzene rings is 2. The number of nitrogens with zero attached hydrogens (tertiary/aromatic N) is 1. The van der Waals surface area contributed by atoms with E-state index in [4.69, 9.17) is 9.84 Å². The number of carbonyl (C=O) groups excluding carboxylic acids is 1. The number of aryl methyl sites for hydroxylation is 1. The monoisotopic (exact) mass is 462 g/mol. The maximum Gasteiger partial charge on any atom is 0.341 e. The van der Waals surface area contributed by atoms with E-state index in [1.165, 1.54) is 0 Å². The zero-order valence-corrected chi connectivity index (χ0v) is 19.0. The third-order valence-corrected chi connectivity index (χ3v) is 7.47. The molecule has 1 heterocycles. The predicted octanol–water partition coefficient (Wildman–Crippen LogP) is 5.45. The molecule has 34 heavy (non-hydrogen) atoms. The zero-order valence-electron chi connectivity index (χ0n) is 19.0. The summed E-state index contributed by atoms with van der Waals surface area (Å²) < 4.78 is 19.4. The second-order valence-electron chi connectivity index (χ2n) is 9.61. The summed E-state index contributed by atoms with van der Waals surface area (Å²) >= 11 is 0. The number of carbonyl (C=O) groups is 2. The third kappa shape index (κ3) is 4.34. The number of carboxylic acid groups (broad SMARTS) is 1. The largest absolute Gasteiger partial charge is 0.482 e. The van der Waals surface area contributed by atoms with Crippen LogP contribution in [0.4, 0.5) is 10.1 Å². The second-order valence-corrected chi connectivity index (χ2v) is 9.61. The van der Waals surface area contributed by atoms with Gasteiger partial charge in [0, 0.05) is 23.2 Å². The standard InChI is InChI=1S/C27H27FN2O4/c1-16-12-24-21(13-23(16)28)20(8-11-29-24)17-6-9-27(10-7-17)14-22(27)26(33)30-18-2-4-19(5-3-18)34-15-25(31)32/h2-5,8,11-13,17,22H,6-7,9-10,14-15H2,1H3,(H,30,33)(H,31,32). The number of nitrogens with one attached hydrogen (secondary N) is 1. The first-order chi connectivity index (χ1) is 16.3. The lowest BCUT2D eigenvalue weighted by Crippen LogP contribution is -2.22. The lowest BCUT2D eigenvalue weighted by Gasteiger charge is -2.30. The van der Waals surface area contributed by atoms with Crippen molar-refractivity contribution < 1.29 is 23.8 Å². The van der Waals surface area contributed by atoms with Crippen LogP contribution < -0.4 is 10.1 Å². The van der Waals surface area contributed by atoms with Gasteiger partial charge in [-0.05, 0) is 104 Å². The quantitative estimate of drug-likeness (QED) is 0.509. The van der Waals surface area contributed by atoms with Crippen LogP contribution in [0.2, 0.25) is 0 Å². The SMILES string of the molecule is Cc1cc2nccc(C3CCC4(CC3)CC4C(=O)Nc3ccc(OCC(=O)O)cc3)c2cc1F. The Morgan fingerprint density at radius 2 is 1.91 bits per heavy atom. The minimum atomic E-state index is -1.04. The van der Waals surface area contributed by atoms with Gasteiger partial charge < -0.3 is 15.2 Å². The zero-order chi connectivity index (χ0) is 23.9. The molecule has 2 saturated carbocycles. The highest BCUT2D eigenvalue weighted by molar-refractivity contribution is 5.95. The Balaban J connectivity index is 1.20. The molecule has 1 unspecified atom stereocenters. The fourth-order valence-corrected chi connectivity index (χ4v) is 5.43. The average Bonchev–Trinajstić information content (AvgIpc) is 3.53. The number of aromatic nitrogens is 1. The highest BCUT2D eigenvalue weighted by Crippen LogP contribution is 2.63. The Morgan fingerprint density at radius 3 is 2.62 bits per heavy atom. The molecule has 2 aliphatic carbocycles. The molecule has 1 atom stereocenters. The van der Waals surface area contributed by atoms with Crippen molar-refractivity contribution in [2.75, 3.05) is 11.9 Å². The lowest BCUT2D eigenvalue weighted by molar-refractivity contribution is -0.139. The molecule has 7 heteroatoms. The minimum absolute atomic E-state index is 0.00525. The van der Waals surface area contributed by atoms with E-state index < -0.39 is 12.6 Å². The first-order valence-electron chi connectivity index (χ1n) is 11.6. The fourth-order valence-electron chi connectivity index (χ4n) is 5.43.